The molecule has 2 aromatic carbocycles. The van der Waals surface area contributed by atoms with Crippen LogP contribution in [0.5, 0.6) is 0 Å². The number of nitrogens with one attached hydrogen (secondary N) is 2. The first-order chi connectivity index (χ1) is 13.7. The third kappa shape index (κ3) is 5.48. The van der Waals surface area contributed by atoms with Crippen molar-refractivity contribution in [1.82, 2.24) is 4.72 Å². The second-order valence-electron chi connectivity index (χ2n) is 6.56. The van der Waals surface area contributed by atoms with Crippen LogP contribution in [0.2, 0.25) is 10.0 Å². The Kier molecular flexibility index (Phi) is 6.48. The lowest BCUT2D eigenvalue weighted by Gasteiger charge is -2.15. The Morgan fingerprint density at radius 3 is 2.38 bits per heavy atom. The summed E-state index contributed by atoms with van der Waals surface area (Å²) in [5, 5.41) is 2.41. The number of rotatable bonds is 7. The minimum Gasteiger partial charge on any atom is -0.449 e. The summed E-state index contributed by atoms with van der Waals surface area (Å²) in [6.07, 6.45) is 0.347. The van der Waals surface area contributed by atoms with Crippen LogP contribution in [0.3, 0.4) is 0 Å². The standard InChI is InChI=1S/C19H18Cl2N2O5S/c1-11(18(24)22-12-5-3-2-4-6-12)28-19(25)14-9-17(16(21)10-15(14)20)29(26,27)23-13-7-8-13/h2-6,9-11,13,23H,7-8H2,1H3,(H,22,24). The Balaban J connectivity index is 1.76. The predicted octanol–water partition coefficient (Wildman–Crippen LogP) is 3.62. The number of esters is 1. The Morgan fingerprint density at radius 2 is 1.76 bits per heavy atom. The molecule has 0 aromatic heterocycles. The number of benzene rings is 2. The molecule has 0 spiro atoms. The molecule has 0 aliphatic heterocycles. The molecule has 0 saturated heterocycles. The highest BCUT2D eigenvalue weighted by Crippen LogP contribution is 2.31. The summed E-state index contributed by atoms with van der Waals surface area (Å²) in [5.41, 5.74) is 0.344. The van der Waals surface area contributed by atoms with E-state index in [0.717, 1.165) is 25.0 Å². The van der Waals surface area contributed by atoms with E-state index in [0.29, 0.717) is 5.69 Å². The molecule has 0 radical (unpaired) electrons. The van der Waals surface area contributed by atoms with Gasteiger partial charge in [0.15, 0.2) is 6.10 Å². The number of carbonyl (C=O) groups is 2. The van der Waals surface area contributed by atoms with E-state index in [1.165, 1.54) is 6.92 Å². The van der Waals surface area contributed by atoms with Gasteiger partial charge in [-0.1, -0.05) is 41.4 Å². The van der Waals surface area contributed by atoms with Crippen molar-refractivity contribution in [2.45, 2.75) is 36.8 Å². The fraction of sp³-hybridized carbons (Fsp3) is 0.263. The molecule has 0 heterocycles. The van der Waals surface area contributed by atoms with Gasteiger partial charge in [-0.15, -0.1) is 0 Å². The topological polar surface area (TPSA) is 102 Å². The van der Waals surface area contributed by atoms with Gasteiger partial charge < -0.3 is 10.1 Å². The molecule has 1 fully saturated rings. The Morgan fingerprint density at radius 1 is 1.10 bits per heavy atom. The van der Waals surface area contributed by atoms with Gasteiger partial charge >= 0.3 is 5.97 Å². The molecule has 2 aromatic rings. The van der Waals surface area contributed by atoms with E-state index in [4.69, 9.17) is 27.9 Å². The Hall–Kier alpha value is -2.13. The second-order valence-corrected chi connectivity index (χ2v) is 9.06. The first-order valence-electron chi connectivity index (χ1n) is 8.75. The summed E-state index contributed by atoms with van der Waals surface area (Å²) in [7, 11) is -3.91. The van der Waals surface area contributed by atoms with Crippen LogP contribution >= 0.6 is 23.2 Å². The maximum absolute atomic E-state index is 12.5. The molecule has 0 bridgehead atoms. The molecule has 1 saturated carbocycles. The lowest BCUT2D eigenvalue weighted by molar-refractivity contribution is -0.123. The number of anilines is 1. The van der Waals surface area contributed by atoms with Crippen molar-refractivity contribution < 1.29 is 22.7 Å². The van der Waals surface area contributed by atoms with Gasteiger partial charge in [0.25, 0.3) is 5.91 Å². The number of halogens is 2. The van der Waals surface area contributed by atoms with E-state index >= 15 is 0 Å². The highest BCUT2D eigenvalue weighted by Gasteiger charge is 2.31. The molecular formula is C19H18Cl2N2O5S. The molecule has 1 amide bonds. The average Bonchev–Trinajstić information content (AvgIpc) is 3.45. The van der Waals surface area contributed by atoms with Crippen molar-refractivity contribution >= 4 is 50.8 Å². The highest BCUT2D eigenvalue weighted by molar-refractivity contribution is 7.89. The summed E-state index contributed by atoms with van der Waals surface area (Å²) < 4.78 is 32.6. The molecule has 3 rings (SSSR count). The van der Waals surface area contributed by atoms with E-state index in [1.807, 2.05) is 0 Å². The van der Waals surface area contributed by atoms with E-state index in [-0.39, 0.29) is 26.5 Å². The van der Waals surface area contributed by atoms with Gasteiger partial charge in [-0.25, -0.2) is 17.9 Å². The molecule has 1 aliphatic carbocycles. The van der Waals surface area contributed by atoms with Crippen molar-refractivity contribution in [2.24, 2.45) is 0 Å². The number of para-hydroxylation sites is 1. The lowest BCUT2D eigenvalue weighted by Crippen LogP contribution is -2.30. The van der Waals surface area contributed by atoms with Crippen molar-refractivity contribution in [1.29, 1.82) is 0 Å². The van der Waals surface area contributed by atoms with Gasteiger partial charge in [-0.3, -0.25) is 4.79 Å². The Labute approximate surface area is 178 Å². The monoisotopic (exact) mass is 456 g/mol. The zero-order valence-electron chi connectivity index (χ0n) is 15.3. The van der Waals surface area contributed by atoms with E-state index in [1.54, 1.807) is 30.3 Å². The van der Waals surface area contributed by atoms with Crippen LogP contribution in [0.1, 0.15) is 30.1 Å². The first kappa shape index (κ1) is 21.6. The van der Waals surface area contributed by atoms with Gasteiger partial charge in [0.05, 0.1) is 15.6 Å². The van der Waals surface area contributed by atoms with Gasteiger partial charge in [0.1, 0.15) is 4.90 Å². The molecule has 1 atom stereocenters. The SMILES string of the molecule is CC(OC(=O)c1cc(S(=O)(=O)NC2CC2)c(Cl)cc1Cl)C(=O)Nc1ccccc1. The zero-order valence-corrected chi connectivity index (χ0v) is 17.6. The lowest BCUT2D eigenvalue weighted by atomic mass is 10.2. The van der Waals surface area contributed by atoms with Gasteiger partial charge in [-0.05, 0) is 44.0 Å². The fourth-order valence-corrected chi connectivity index (χ4v) is 4.57. The maximum atomic E-state index is 12.5. The molecule has 1 aliphatic rings. The van der Waals surface area contributed by atoms with Crippen molar-refractivity contribution in [3.05, 3.63) is 58.1 Å². The predicted molar refractivity (Wildman–Crippen MR) is 110 cm³/mol. The summed E-state index contributed by atoms with van der Waals surface area (Å²) in [6, 6.07) is 10.7. The normalized spacial score (nSPS) is 14.9. The average molecular weight is 457 g/mol. The van der Waals surface area contributed by atoms with Crippen LogP contribution in [0, 0.1) is 0 Å². The van der Waals surface area contributed by atoms with E-state index in [9.17, 15) is 18.0 Å². The molecule has 10 heteroatoms. The van der Waals surface area contributed by atoms with Crippen LogP contribution in [0.25, 0.3) is 0 Å². The molecular weight excluding hydrogens is 439 g/mol. The van der Waals surface area contributed by atoms with E-state index < -0.39 is 28.0 Å². The minimum absolute atomic E-state index is 0.0824. The van der Waals surface area contributed by atoms with E-state index in [2.05, 4.69) is 10.0 Å². The maximum Gasteiger partial charge on any atom is 0.340 e. The number of hydrogen-bond donors (Lipinski definition) is 2. The summed E-state index contributed by atoms with van der Waals surface area (Å²) in [4.78, 5) is 24.5. The van der Waals surface area contributed by atoms with Crippen molar-refractivity contribution in [3.63, 3.8) is 0 Å². The fourth-order valence-electron chi connectivity index (χ4n) is 2.42. The van der Waals surface area contributed by atoms with Gasteiger partial charge in [0.2, 0.25) is 10.0 Å². The Bertz CT molecular complexity index is 1040. The van der Waals surface area contributed by atoms with Crippen molar-refractivity contribution in [3.8, 4) is 0 Å². The minimum atomic E-state index is -3.91. The van der Waals surface area contributed by atoms with Gasteiger partial charge in [0, 0.05) is 11.7 Å². The number of amides is 1. The summed E-state index contributed by atoms with van der Waals surface area (Å²) >= 11 is 12.1. The van der Waals surface area contributed by atoms with Crippen LogP contribution < -0.4 is 10.0 Å². The third-order valence-electron chi connectivity index (χ3n) is 4.12. The first-order valence-corrected chi connectivity index (χ1v) is 11.0. The van der Waals surface area contributed by atoms with Crippen LogP contribution in [0.15, 0.2) is 47.4 Å². The van der Waals surface area contributed by atoms with Crippen molar-refractivity contribution in [2.75, 3.05) is 5.32 Å². The highest BCUT2D eigenvalue weighted by atomic mass is 35.5. The van der Waals surface area contributed by atoms with Crippen LogP contribution in [0.4, 0.5) is 5.69 Å². The summed E-state index contributed by atoms with van der Waals surface area (Å²) in [5.74, 6) is -1.48. The smallest absolute Gasteiger partial charge is 0.340 e. The zero-order chi connectivity index (χ0) is 21.2. The van der Waals surface area contributed by atoms with Crippen LogP contribution in [-0.2, 0) is 19.6 Å². The summed E-state index contributed by atoms with van der Waals surface area (Å²) in [6.45, 7) is 1.40. The number of ether oxygens (including phenoxy) is 1. The second kappa shape index (κ2) is 8.71. The molecule has 7 nitrogen and oxygen atoms in total. The molecule has 2 N–H and O–H groups in total. The number of sulfonamides is 1. The number of hydrogen-bond acceptors (Lipinski definition) is 5. The quantitative estimate of drug-likeness (QED) is 0.619. The third-order valence-corrected chi connectivity index (χ3v) is 6.42. The molecule has 29 heavy (non-hydrogen) atoms. The molecule has 154 valence electrons. The van der Waals surface area contributed by atoms with Crippen LogP contribution in [-0.4, -0.2) is 32.4 Å². The largest absolute Gasteiger partial charge is 0.449 e. The molecule has 1 unspecified atom stereocenters. The van der Waals surface area contributed by atoms with Gasteiger partial charge in [-0.2, -0.15) is 0 Å². The number of carbonyl (C=O) groups excluding carboxylic acids is 2.